The molecule has 2 aromatic rings. The Morgan fingerprint density at radius 2 is 1.75 bits per heavy atom. The molecule has 0 aliphatic carbocycles. The first-order valence-electron chi connectivity index (χ1n) is 5.79. The molecule has 0 aliphatic heterocycles. The van der Waals surface area contributed by atoms with E-state index in [9.17, 15) is 19.4 Å². The molecule has 104 valence electrons. The molecule has 2 atom stereocenters. The maximum Gasteiger partial charge on any atom is 0.325 e. The number of rotatable bonds is 5. The minimum atomic E-state index is -3.99. The second kappa shape index (κ2) is 5.96. The van der Waals surface area contributed by atoms with Gasteiger partial charge in [-0.05, 0) is 17.7 Å². The highest BCUT2D eigenvalue weighted by atomic mass is 31.2. The predicted molar refractivity (Wildman–Crippen MR) is 73.7 cm³/mol. The van der Waals surface area contributed by atoms with Crippen LogP contribution in [0.15, 0.2) is 54.9 Å². The molecule has 0 saturated carbocycles. The molecule has 1 aromatic carbocycles. The molecule has 2 rings (SSSR count). The van der Waals surface area contributed by atoms with Crippen LogP contribution in [0.25, 0.3) is 0 Å². The first-order valence-corrected chi connectivity index (χ1v) is 7.45. The SMILES string of the molecule is O=C(O)C(NP(=O)(O)c1ccncc1)c1ccccc1. The van der Waals surface area contributed by atoms with Gasteiger partial charge in [-0.3, -0.25) is 14.3 Å². The normalized spacial score (nSPS) is 15.2. The van der Waals surface area contributed by atoms with Gasteiger partial charge in [0.15, 0.2) is 0 Å². The second-order valence-corrected chi connectivity index (χ2v) is 6.02. The van der Waals surface area contributed by atoms with Gasteiger partial charge in [-0.25, -0.2) is 5.09 Å². The summed E-state index contributed by atoms with van der Waals surface area (Å²) in [5.74, 6) is -1.22. The Morgan fingerprint density at radius 1 is 1.15 bits per heavy atom. The number of carboxylic acids is 1. The third kappa shape index (κ3) is 3.30. The molecule has 0 spiro atoms. The highest BCUT2D eigenvalue weighted by molar-refractivity contribution is 7.64. The molecular weight excluding hydrogens is 279 g/mol. The molecular formula is C13H13N2O4P. The van der Waals surface area contributed by atoms with E-state index in [1.54, 1.807) is 30.3 Å². The Kier molecular flexibility index (Phi) is 4.29. The standard InChI is InChI=1S/C13H13N2O4P/c16-13(17)12(10-4-2-1-3-5-10)15-20(18,19)11-6-8-14-9-7-11/h1-9,12H,(H,16,17)(H2,15,18,19). The first-order chi connectivity index (χ1) is 9.50. The summed E-state index contributed by atoms with van der Waals surface area (Å²) in [6.45, 7) is 0. The van der Waals surface area contributed by atoms with Crippen LogP contribution in [0, 0.1) is 0 Å². The maximum absolute atomic E-state index is 12.3. The van der Waals surface area contributed by atoms with Crippen LogP contribution in [0.3, 0.4) is 0 Å². The van der Waals surface area contributed by atoms with Gasteiger partial charge in [-0.2, -0.15) is 0 Å². The largest absolute Gasteiger partial charge is 0.480 e. The summed E-state index contributed by atoms with van der Waals surface area (Å²) in [6, 6.07) is 9.72. The van der Waals surface area contributed by atoms with E-state index in [1.165, 1.54) is 24.5 Å². The van der Waals surface area contributed by atoms with Crippen LogP contribution in [0.4, 0.5) is 0 Å². The van der Waals surface area contributed by atoms with E-state index in [-0.39, 0.29) is 5.30 Å². The predicted octanol–water partition coefficient (Wildman–Crippen LogP) is 1.31. The van der Waals surface area contributed by atoms with Crippen LogP contribution in [0.2, 0.25) is 0 Å². The van der Waals surface area contributed by atoms with E-state index in [0.717, 1.165) is 0 Å². The average Bonchev–Trinajstić information content (AvgIpc) is 2.46. The third-order valence-electron chi connectivity index (χ3n) is 2.70. The average molecular weight is 292 g/mol. The maximum atomic E-state index is 12.3. The van der Waals surface area contributed by atoms with Crippen LogP contribution < -0.4 is 10.4 Å². The summed E-state index contributed by atoms with van der Waals surface area (Å²) in [5.41, 5.74) is 0.406. The molecule has 0 bridgehead atoms. The second-order valence-electron chi connectivity index (χ2n) is 4.09. The van der Waals surface area contributed by atoms with Crippen molar-refractivity contribution < 1.29 is 19.4 Å². The lowest BCUT2D eigenvalue weighted by Crippen LogP contribution is -2.29. The number of hydrogen-bond acceptors (Lipinski definition) is 3. The number of aromatic nitrogens is 1. The number of nitrogens with one attached hydrogen (secondary N) is 1. The molecule has 3 N–H and O–H groups in total. The molecule has 0 amide bonds. The number of aliphatic carboxylic acids is 1. The van der Waals surface area contributed by atoms with E-state index in [4.69, 9.17) is 0 Å². The molecule has 0 saturated heterocycles. The van der Waals surface area contributed by atoms with Crippen molar-refractivity contribution >= 4 is 18.8 Å². The minimum Gasteiger partial charge on any atom is -0.480 e. The topological polar surface area (TPSA) is 99.5 Å². The molecule has 0 aliphatic rings. The Bertz CT molecular complexity index is 633. The fourth-order valence-electron chi connectivity index (χ4n) is 1.71. The molecule has 6 nitrogen and oxygen atoms in total. The van der Waals surface area contributed by atoms with Gasteiger partial charge in [0, 0.05) is 12.4 Å². The van der Waals surface area contributed by atoms with E-state index >= 15 is 0 Å². The number of carbonyl (C=O) groups is 1. The van der Waals surface area contributed by atoms with Crippen molar-refractivity contribution in [2.24, 2.45) is 0 Å². The molecule has 20 heavy (non-hydrogen) atoms. The van der Waals surface area contributed by atoms with Gasteiger partial charge in [0.25, 0.3) is 7.52 Å². The van der Waals surface area contributed by atoms with Crippen LogP contribution in [0.5, 0.6) is 0 Å². The number of hydrogen-bond donors (Lipinski definition) is 3. The first kappa shape index (κ1) is 14.4. The van der Waals surface area contributed by atoms with Crippen LogP contribution in [-0.2, 0) is 9.36 Å². The Labute approximate surface area is 115 Å². The Morgan fingerprint density at radius 3 is 2.30 bits per heavy atom. The zero-order valence-electron chi connectivity index (χ0n) is 10.4. The Balaban J connectivity index is 2.30. The summed E-state index contributed by atoms with van der Waals surface area (Å²) in [7, 11) is -3.99. The van der Waals surface area contributed by atoms with E-state index in [1.807, 2.05) is 0 Å². The van der Waals surface area contributed by atoms with Gasteiger partial charge in [0.1, 0.15) is 6.04 Å². The molecule has 2 unspecified atom stereocenters. The van der Waals surface area contributed by atoms with Crippen molar-refractivity contribution in [3.8, 4) is 0 Å². The number of benzene rings is 1. The van der Waals surface area contributed by atoms with Gasteiger partial charge < -0.3 is 10.00 Å². The van der Waals surface area contributed by atoms with Crippen molar-refractivity contribution in [2.75, 3.05) is 0 Å². The van der Waals surface area contributed by atoms with E-state index < -0.39 is 19.5 Å². The summed E-state index contributed by atoms with van der Waals surface area (Å²) >= 11 is 0. The number of pyridine rings is 1. The lowest BCUT2D eigenvalue weighted by Gasteiger charge is -2.19. The highest BCUT2D eigenvalue weighted by Crippen LogP contribution is 2.37. The Hall–Kier alpha value is -2.01. The van der Waals surface area contributed by atoms with Gasteiger partial charge in [0.05, 0.1) is 5.30 Å². The molecule has 1 aromatic heterocycles. The van der Waals surface area contributed by atoms with Gasteiger partial charge in [-0.1, -0.05) is 30.3 Å². The molecule has 1 heterocycles. The molecule has 7 heteroatoms. The highest BCUT2D eigenvalue weighted by Gasteiger charge is 2.30. The minimum absolute atomic E-state index is 0.106. The lowest BCUT2D eigenvalue weighted by molar-refractivity contribution is -0.139. The fourth-order valence-corrected chi connectivity index (χ4v) is 3.01. The number of nitrogens with zero attached hydrogens (tertiary/aromatic N) is 1. The quantitative estimate of drug-likeness (QED) is 0.718. The van der Waals surface area contributed by atoms with Crippen LogP contribution in [-0.4, -0.2) is 21.0 Å². The molecule has 0 fully saturated rings. The molecule has 0 radical (unpaired) electrons. The third-order valence-corrected chi connectivity index (χ3v) is 4.30. The van der Waals surface area contributed by atoms with Gasteiger partial charge in [0.2, 0.25) is 0 Å². The summed E-state index contributed by atoms with van der Waals surface area (Å²) in [5, 5.41) is 11.6. The van der Waals surface area contributed by atoms with Crippen LogP contribution in [0.1, 0.15) is 11.6 Å². The van der Waals surface area contributed by atoms with Crippen molar-refractivity contribution in [1.82, 2.24) is 10.1 Å². The zero-order chi connectivity index (χ0) is 14.6. The summed E-state index contributed by atoms with van der Waals surface area (Å²) < 4.78 is 12.3. The van der Waals surface area contributed by atoms with Gasteiger partial charge in [-0.15, -0.1) is 0 Å². The van der Waals surface area contributed by atoms with Crippen molar-refractivity contribution in [3.63, 3.8) is 0 Å². The fraction of sp³-hybridized carbons (Fsp3) is 0.0769. The smallest absolute Gasteiger partial charge is 0.325 e. The van der Waals surface area contributed by atoms with Crippen molar-refractivity contribution in [2.45, 2.75) is 6.04 Å². The lowest BCUT2D eigenvalue weighted by atomic mass is 10.1. The van der Waals surface area contributed by atoms with Gasteiger partial charge >= 0.3 is 5.97 Å². The van der Waals surface area contributed by atoms with Crippen molar-refractivity contribution in [1.29, 1.82) is 0 Å². The summed E-state index contributed by atoms with van der Waals surface area (Å²) in [6.07, 6.45) is 2.75. The van der Waals surface area contributed by atoms with Crippen LogP contribution >= 0.6 is 7.52 Å². The van der Waals surface area contributed by atoms with E-state index in [2.05, 4.69) is 10.1 Å². The monoisotopic (exact) mass is 292 g/mol. The number of carboxylic acid groups (broad SMARTS) is 1. The summed E-state index contributed by atoms with van der Waals surface area (Å²) in [4.78, 5) is 25.1. The van der Waals surface area contributed by atoms with E-state index in [0.29, 0.717) is 5.56 Å². The van der Waals surface area contributed by atoms with Crippen molar-refractivity contribution in [3.05, 3.63) is 60.4 Å². The zero-order valence-corrected chi connectivity index (χ0v) is 11.3.